The summed E-state index contributed by atoms with van der Waals surface area (Å²) in [7, 11) is 0. The lowest BCUT2D eigenvalue weighted by atomic mass is 10.4. The summed E-state index contributed by atoms with van der Waals surface area (Å²) in [6.45, 7) is 0. The van der Waals surface area contributed by atoms with E-state index in [0.717, 1.165) is 0 Å². The molecular formula is C6H4ClN3. The van der Waals surface area contributed by atoms with Crippen molar-refractivity contribution in [3.8, 4) is 6.07 Å². The van der Waals surface area contributed by atoms with Gasteiger partial charge in [0.05, 0.1) is 11.6 Å². The molecule has 0 saturated carbocycles. The summed E-state index contributed by atoms with van der Waals surface area (Å²) < 4.78 is 0. The number of halogens is 1. The van der Waals surface area contributed by atoms with Gasteiger partial charge in [0.2, 0.25) is 5.82 Å². The van der Waals surface area contributed by atoms with E-state index in [1.807, 2.05) is 6.07 Å². The number of hydrogen-bond acceptors (Lipinski definition) is 3. The summed E-state index contributed by atoms with van der Waals surface area (Å²) in [6.07, 6.45) is 1.52. The number of rotatable bonds is 1. The van der Waals surface area contributed by atoms with E-state index in [-0.39, 0.29) is 5.82 Å². The van der Waals surface area contributed by atoms with E-state index < -0.39 is 0 Å². The van der Waals surface area contributed by atoms with Crippen LogP contribution in [0.4, 0.5) is 0 Å². The molecule has 0 unspecified atom stereocenters. The van der Waals surface area contributed by atoms with Gasteiger partial charge < -0.3 is 0 Å². The second-order valence-electron chi connectivity index (χ2n) is 1.62. The molecule has 0 spiro atoms. The Hall–Kier alpha value is -1.14. The first-order valence-electron chi connectivity index (χ1n) is 2.65. The molecule has 1 rings (SSSR count). The van der Waals surface area contributed by atoms with E-state index in [4.69, 9.17) is 16.9 Å². The monoisotopic (exact) mass is 153 g/mol. The maximum absolute atomic E-state index is 8.34. The summed E-state index contributed by atoms with van der Waals surface area (Å²) in [5, 5.41) is 8.34. The van der Waals surface area contributed by atoms with Crippen molar-refractivity contribution >= 4 is 11.6 Å². The number of nitrogens with zero attached hydrogens (tertiary/aromatic N) is 3. The lowest BCUT2D eigenvalue weighted by Crippen LogP contribution is -1.91. The third-order valence-corrected chi connectivity index (χ3v) is 1.22. The minimum atomic E-state index is 0.165. The van der Waals surface area contributed by atoms with Gasteiger partial charge in [0.25, 0.3) is 0 Å². The molecule has 0 fully saturated rings. The van der Waals surface area contributed by atoms with E-state index in [1.165, 1.54) is 6.20 Å². The molecule has 4 heteroatoms. The summed E-state index contributed by atoms with van der Waals surface area (Å²) in [4.78, 5) is 7.48. The third kappa shape index (κ3) is 1.42. The number of hydrogen-bond donors (Lipinski definition) is 0. The van der Waals surface area contributed by atoms with Crippen LogP contribution in [0.25, 0.3) is 0 Å². The molecule has 0 aromatic carbocycles. The molecule has 1 heterocycles. The van der Waals surface area contributed by atoms with Crippen molar-refractivity contribution in [2.45, 2.75) is 5.88 Å². The maximum Gasteiger partial charge on any atom is 0.232 e. The van der Waals surface area contributed by atoms with Crippen LogP contribution in [0.2, 0.25) is 0 Å². The highest BCUT2D eigenvalue weighted by atomic mass is 35.5. The molecule has 0 amide bonds. The molecule has 3 nitrogen and oxygen atoms in total. The van der Waals surface area contributed by atoms with Crippen LogP contribution in [-0.2, 0) is 5.88 Å². The first-order chi connectivity index (χ1) is 4.86. The Balaban J connectivity index is 3.01. The van der Waals surface area contributed by atoms with Gasteiger partial charge in [-0.05, 0) is 6.07 Å². The predicted octanol–water partition coefficient (Wildman–Crippen LogP) is 1.09. The zero-order chi connectivity index (χ0) is 7.40. The summed E-state index contributed by atoms with van der Waals surface area (Å²) in [6, 6.07) is 3.50. The Bertz CT molecular complexity index is 266. The minimum Gasteiger partial charge on any atom is -0.228 e. The summed E-state index contributed by atoms with van der Waals surface area (Å²) in [5.74, 6) is 0.482. The average Bonchev–Trinajstić information content (AvgIpc) is 2.05. The van der Waals surface area contributed by atoms with Gasteiger partial charge in [0.1, 0.15) is 6.07 Å². The van der Waals surface area contributed by atoms with Crippen molar-refractivity contribution in [2.75, 3.05) is 0 Å². The Morgan fingerprint density at radius 1 is 1.70 bits per heavy atom. The zero-order valence-corrected chi connectivity index (χ0v) is 5.84. The van der Waals surface area contributed by atoms with Crippen LogP contribution < -0.4 is 0 Å². The standard InChI is InChI=1S/C6H4ClN3/c7-3-5-1-2-9-6(4-8)10-5/h1-2H,3H2. The number of aromatic nitrogens is 2. The van der Waals surface area contributed by atoms with Crippen molar-refractivity contribution in [1.82, 2.24) is 9.97 Å². The molecule has 0 radical (unpaired) electrons. The quantitative estimate of drug-likeness (QED) is 0.568. The molecule has 0 aliphatic heterocycles. The van der Waals surface area contributed by atoms with Crippen LogP contribution in [0.15, 0.2) is 12.3 Å². The smallest absolute Gasteiger partial charge is 0.228 e. The van der Waals surface area contributed by atoms with Crippen molar-refractivity contribution in [3.05, 3.63) is 23.8 Å². The highest BCUT2D eigenvalue weighted by molar-refractivity contribution is 6.16. The number of nitriles is 1. The zero-order valence-electron chi connectivity index (χ0n) is 5.08. The van der Waals surface area contributed by atoms with Gasteiger partial charge in [-0.25, -0.2) is 9.97 Å². The van der Waals surface area contributed by atoms with Crippen LogP contribution in [0.5, 0.6) is 0 Å². The third-order valence-electron chi connectivity index (χ3n) is 0.950. The highest BCUT2D eigenvalue weighted by Gasteiger charge is 1.94. The molecule has 0 saturated heterocycles. The SMILES string of the molecule is N#Cc1nccc(CCl)n1. The molecular weight excluding hydrogens is 150 g/mol. The van der Waals surface area contributed by atoms with Gasteiger partial charge in [-0.2, -0.15) is 5.26 Å². The van der Waals surface area contributed by atoms with E-state index in [9.17, 15) is 0 Å². The second-order valence-corrected chi connectivity index (χ2v) is 1.88. The lowest BCUT2D eigenvalue weighted by molar-refractivity contribution is 1.05. The van der Waals surface area contributed by atoms with Crippen LogP contribution in [0.1, 0.15) is 11.5 Å². The van der Waals surface area contributed by atoms with Gasteiger partial charge in [-0.1, -0.05) is 0 Å². The molecule has 50 valence electrons. The normalized spacial score (nSPS) is 8.80. The number of alkyl halides is 1. The lowest BCUT2D eigenvalue weighted by Gasteiger charge is -1.90. The molecule has 0 aliphatic carbocycles. The van der Waals surface area contributed by atoms with Crippen molar-refractivity contribution in [2.24, 2.45) is 0 Å². The Labute approximate surface area is 63.3 Å². The predicted molar refractivity (Wildman–Crippen MR) is 36.3 cm³/mol. The first-order valence-corrected chi connectivity index (χ1v) is 3.18. The topological polar surface area (TPSA) is 49.6 Å². The summed E-state index contributed by atoms with van der Waals surface area (Å²) >= 11 is 5.46. The minimum absolute atomic E-state index is 0.165. The largest absolute Gasteiger partial charge is 0.232 e. The molecule has 0 N–H and O–H groups in total. The van der Waals surface area contributed by atoms with Gasteiger partial charge in [0, 0.05) is 6.20 Å². The Morgan fingerprint density at radius 2 is 2.50 bits per heavy atom. The van der Waals surface area contributed by atoms with Crippen molar-refractivity contribution in [1.29, 1.82) is 5.26 Å². The highest BCUT2D eigenvalue weighted by Crippen LogP contribution is 1.97. The molecule has 1 aromatic heterocycles. The average molecular weight is 154 g/mol. The van der Waals surface area contributed by atoms with E-state index in [2.05, 4.69) is 9.97 Å². The van der Waals surface area contributed by atoms with E-state index in [1.54, 1.807) is 6.07 Å². The fourth-order valence-corrected chi connectivity index (χ4v) is 0.673. The Morgan fingerprint density at radius 3 is 3.10 bits per heavy atom. The van der Waals surface area contributed by atoms with E-state index >= 15 is 0 Å². The van der Waals surface area contributed by atoms with Crippen molar-refractivity contribution < 1.29 is 0 Å². The first kappa shape index (κ1) is 6.97. The van der Waals surface area contributed by atoms with Crippen LogP contribution in [0.3, 0.4) is 0 Å². The summed E-state index contributed by atoms with van der Waals surface area (Å²) in [5.41, 5.74) is 0.674. The van der Waals surface area contributed by atoms with Gasteiger partial charge >= 0.3 is 0 Å². The second kappa shape index (κ2) is 3.14. The molecule has 10 heavy (non-hydrogen) atoms. The molecule has 1 aromatic rings. The molecule has 0 atom stereocenters. The maximum atomic E-state index is 8.34. The fraction of sp³-hybridized carbons (Fsp3) is 0.167. The van der Waals surface area contributed by atoms with Gasteiger partial charge in [-0.15, -0.1) is 11.6 Å². The van der Waals surface area contributed by atoms with Crippen LogP contribution in [0, 0.1) is 11.3 Å². The fourth-order valence-electron chi connectivity index (χ4n) is 0.524. The van der Waals surface area contributed by atoms with Gasteiger partial charge in [-0.3, -0.25) is 0 Å². The molecule has 0 bridgehead atoms. The van der Waals surface area contributed by atoms with Gasteiger partial charge in [0.15, 0.2) is 0 Å². The van der Waals surface area contributed by atoms with Crippen LogP contribution >= 0.6 is 11.6 Å². The van der Waals surface area contributed by atoms with Crippen molar-refractivity contribution in [3.63, 3.8) is 0 Å². The molecule has 0 aliphatic rings. The Kier molecular flexibility index (Phi) is 2.19. The van der Waals surface area contributed by atoms with Crippen LogP contribution in [-0.4, -0.2) is 9.97 Å². The van der Waals surface area contributed by atoms with E-state index in [0.29, 0.717) is 11.6 Å².